The minimum atomic E-state index is -1.02. The number of anilines is 5. The molecule has 0 bridgehead atoms. The Bertz CT molecular complexity index is 4630. The van der Waals surface area contributed by atoms with Crippen molar-refractivity contribution in [2.24, 2.45) is 0 Å². The quantitative estimate of drug-likeness (QED) is 0.156. The van der Waals surface area contributed by atoms with Gasteiger partial charge in [-0.3, -0.25) is 0 Å². The lowest BCUT2D eigenvalue weighted by Crippen LogP contribution is -2.33. The van der Waals surface area contributed by atoms with E-state index in [0.717, 1.165) is 52.7 Å². The average molecular weight is 1460 g/mol. The molecule has 0 saturated heterocycles. The van der Waals surface area contributed by atoms with Crippen LogP contribution in [0.5, 0.6) is 28.7 Å². The van der Waals surface area contributed by atoms with Gasteiger partial charge in [-0.05, 0) is 154 Å². The van der Waals surface area contributed by atoms with E-state index < -0.39 is 69.8 Å². The molecule has 5 aliphatic heterocycles. The Morgan fingerprint density at radius 3 is 0.914 bits per heavy atom. The van der Waals surface area contributed by atoms with Crippen molar-refractivity contribution in [3.8, 4) is 28.7 Å². The maximum atomic E-state index is 13.9. The molecular weight excluding hydrogens is 1380 g/mol. The van der Waals surface area contributed by atoms with Gasteiger partial charge in [-0.2, -0.15) is 0 Å². The highest BCUT2D eigenvalue weighted by molar-refractivity contribution is 5.57. The third kappa shape index (κ3) is 18.4. The van der Waals surface area contributed by atoms with Crippen LogP contribution in [0.15, 0.2) is 176 Å². The Morgan fingerprint density at radius 1 is 0.238 bits per heavy atom. The lowest BCUT2D eigenvalue weighted by molar-refractivity contribution is 0.285. The molecule has 10 nitrogen and oxygen atoms in total. The first kappa shape index (κ1) is 75.4. The molecule has 0 aliphatic carbocycles. The minimum Gasteiger partial charge on any atom is -0.473 e. The number of rotatable bonds is 5. The fourth-order valence-electron chi connectivity index (χ4n) is 12.1. The van der Waals surface area contributed by atoms with Crippen LogP contribution in [0.4, 0.5) is 85.5 Å². The fourth-order valence-corrected chi connectivity index (χ4v) is 12.1. The highest BCUT2D eigenvalue weighted by atomic mass is 19.2. The van der Waals surface area contributed by atoms with Crippen molar-refractivity contribution in [2.45, 2.75) is 111 Å². The van der Waals surface area contributed by atoms with Crippen LogP contribution in [0.3, 0.4) is 0 Å². The number of hydrogen-bond acceptors (Lipinski definition) is 10. The Labute approximate surface area is 600 Å². The van der Waals surface area contributed by atoms with Gasteiger partial charge in [0.15, 0.2) is 68.6 Å². The summed E-state index contributed by atoms with van der Waals surface area (Å²) in [6, 6.07) is 43.1. The van der Waals surface area contributed by atoms with Gasteiger partial charge >= 0.3 is 0 Å². The van der Waals surface area contributed by atoms with Gasteiger partial charge in [0, 0.05) is 95.2 Å². The molecule has 0 radical (unpaired) electrons. The van der Waals surface area contributed by atoms with Crippen LogP contribution in [0.25, 0.3) is 0 Å². The van der Waals surface area contributed by atoms with Crippen LogP contribution >= 0.6 is 0 Å². The van der Waals surface area contributed by atoms with E-state index in [2.05, 4.69) is 110 Å². The van der Waals surface area contributed by atoms with E-state index in [4.69, 9.17) is 23.7 Å². The van der Waals surface area contributed by atoms with Gasteiger partial charge in [0.25, 0.3) is 0 Å². The van der Waals surface area contributed by atoms with Crippen LogP contribution in [0.2, 0.25) is 0 Å². The van der Waals surface area contributed by atoms with E-state index in [-0.39, 0.29) is 66.7 Å². The van der Waals surface area contributed by atoms with E-state index in [1.807, 2.05) is 17.0 Å². The molecule has 15 rings (SSSR count). The summed E-state index contributed by atoms with van der Waals surface area (Å²) in [6.07, 6.45) is 0. The average Bonchev–Trinajstić information content (AvgIpc) is 0.812. The Balaban J connectivity index is 0.000000131. The molecule has 10 aromatic rings. The summed E-state index contributed by atoms with van der Waals surface area (Å²) < 4.78 is 201. The fraction of sp³-hybridized carbons (Fsp3) is 0.268. The van der Waals surface area contributed by atoms with Crippen molar-refractivity contribution in [1.29, 1.82) is 0 Å². The molecule has 0 atom stereocenters. The summed E-state index contributed by atoms with van der Waals surface area (Å²) in [5.41, 5.74) is 9.31. The summed E-state index contributed by atoms with van der Waals surface area (Å²) in [5, 5.41) is 0. The molecule has 0 unspecified atom stereocenters. The van der Waals surface area contributed by atoms with Crippen LogP contribution in [0, 0.1) is 75.6 Å². The van der Waals surface area contributed by atoms with Gasteiger partial charge in [0.05, 0.1) is 18.8 Å². The number of ether oxygens (including phenoxy) is 5. The third-order valence-electron chi connectivity index (χ3n) is 17.8. The molecule has 0 amide bonds. The van der Waals surface area contributed by atoms with Crippen molar-refractivity contribution < 1.29 is 80.8 Å². The van der Waals surface area contributed by atoms with E-state index in [0.29, 0.717) is 84.8 Å². The predicted octanol–water partition coefficient (Wildman–Crippen LogP) is 20.9. The number of halogens is 13. The molecule has 0 saturated carbocycles. The Kier molecular flexibility index (Phi) is 22.5. The summed E-state index contributed by atoms with van der Waals surface area (Å²) >= 11 is 0. The molecule has 5 aliphatic rings. The Hall–Kier alpha value is -10.7. The van der Waals surface area contributed by atoms with Crippen LogP contribution in [-0.4, -0.2) is 33.7 Å². The zero-order valence-electron chi connectivity index (χ0n) is 59.0. The molecule has 10 aromatic carbocycles. The topological polar surface area (TPSA) is 62.3 Å². The number of fused-ring (bicyclic) bond motifs is 5. The SMILES string of the molecule is CC(C)(C)c1ccc2c(c1)CN(c1ccc(F)c(F)c1)CO2.CC(C)(C)c1ccc2c(c1)CN(c1ccc(F)cc1)CO2.CC(C)(C)c1ccc2c(c1)CN(c1ccc(F)cc1F)CO2.Fc1cc(F)c(N2COc3ccc(F)cc3C2)c(F)c1.Fc1cc(F)c(N2COc3ccc(F)cc3C2)c(F)c1. The van der Waals surface area contributed by atoms with Crippen molar-refractivity contribution in [2.75, 3.05) is 58.2 Å². The molecule has 0 aromatic heterocycles. The maximum Gasteiger partial charge on any atom is 0.161 e. The van der Waals surface area contributed by atoms with Gasteiger partial charge in [-0.15, -0.1) is 0 Å². The van der Waals surface area contributed by atoms with Gasteiger partial charge in [-0.25, -0.2) is 57.1 Å². The van der Waals surface area contributed by atoms with E-state index in [9.17, 15) is 57.1 Å². The van der Waals surface area contributed by atoms with Gasteiger partial charge in [-0.1, -0.05) is 80.5 Å². The van der Waals surface area contributed by atoms with Gasteiger partial charge in [0.2, 0.25) is 0 Å². The third-order valence-corrected chi connectivity index (χ3v) is 17.8. The zero-order chi connectivity index (χ0) is 75.4. The Morgan fingerprint density at radius 2 is 0.533 bits per heavy atom. The number of hydrogen-bond donors (Lipinski definition) is 0. The van der Waals surface area contributed by atoms with Crippen LogP contribution in [-0.2, 0) is 49.0 Å². The largest absolute Gasteiger partial charge is 0.473 e. The summed E-state index contributed by atoms with van der Waals surface area (Å²) in [5.74, 6) is -6.49. The first-order chi connectivity index (χ1) is 49.7. The van der Waals surface area contributed by atoms with Gasteiger partial charge < -0.3 is 48.2 Å². The second kappa shape index (κ2) is 31.3. The highest BCUT2D eigenvalue weighted by Gasteiger charge is 2.29. The second-order valence-corrected chi connectivity index (χ2v) is 28.7. The van der Waals surface area contributed by atoms with Crippen LogP contribution in [0.1, 0.15) is 107 Å². The standard InChI is InChI=1S/2C18H19F2NO.C18H20FNO.2C14H9F4NO/c1-18(2,3)13-4-7-17-12(8-13)10-21(11-22-17)16-6-5-14(19)9-15(16)20;1-18(2,3)13-4-7-17-12(8-13)10-21(11-22-17)14-5-6-15(19)16(20)9-14;1-18(2,3)14-4-9-17-13(10-14)11-20(12-21-17)16-7-5-15(19)6-8-16;2*15-9-1-2-13-8(3-9)6-19(7-20-13)14-11(17)4-10(16)5-12(14)18/h2*4-9H,10-11H2,1-3H3;4-10H,11-12H2,1-3H3;2*1-5H,6-7H2. The lowest BCUT2D eigenvalue weighted by Gasteiger charge is -2.32. The predicted molar refractivity (Wildman–Crippen MR) is 378 cm³/mol. The smallest absolute Gasteiger partial charge is 0.161 e. The number of nitrogens with zero attached hydrogens (tertiary/aromatic N) is 5. The van der Waals surface area contributed by atoms with Crippen molar-refractivity contribution in [3.63, 3.8) is 0 Å². The first-order valence-electron chi connectivity index (χ1n) is 33.5. The van der Waals surface area contributed by atoms with E-state index in [1.54, 1.807) is 23.1 Å². The van der Waals surface area contributed by atoms with Crippen molar-refractivity contribution in [3.05, 3.63) is 296 Å². The minimum absolute atomic E-state index is 0.0401. The van der Waals surface area contributed by atoms with E-state index >= 15 is 0 Å². The summed E-state index contributed by atoms with van der Waals surface area (Å²) in [7, 11) is 0. The monoisotopic (exact) mass is 1460 g/mol. The maximum absolute atomic E-state index is 13.9. The zero-order valence-corrected chi connectivity index (χ0v) is 59.0. The highest BCUT2D eigenvalue weighted by Crippen LogP contribution is 2.39. The molecule has 23 heteroatoms. The summed E-state index contributed by atoms with van der Waals surface area (Å²) in [6.45, 7) is 22.5. The number of benzene rings is 10. The molecule has 0 fully saturated rings. The molecular formula is C82H76F13N5O5. The lowest BCUT2D eigenvalue weighted by atomic mass is 9.86. The van der Waals surface area contributed by atoms with Crippen molar-refractivity contribution in [1.82, 2.24) is 0 Å². The second-order valence-electron chi connectivity index (χ2n) is 28.7. The molecule has 550 valence electrons. The molecule has 0 N–H and O–H groups in total. The van der Waals surface area contributed by atoms with Crippen molar-refractivity contribution >= 4 is 28.4 Å². The molecule has 105 heavy (non-hydrogen) atoms. The summed E-state index contributed by atoms with van der Waals surface area (Å²) in [4.78, 5) is 8.24. The van der Waals surface area contributed by atoms with Crippen LogP contribution < -0.4 is 48.2 Å². The molecule has 5 heterocycles. The first-order valence-corrected chi connectivity index (χ1v) is 33.5. The molecule has 0 spiro atoms. The van der Waals surface area contributed by atoms with Gasteiger partial charge in [0.1, 0.15) is 80.8 Å². The van der Waals surface area contributed by atoms with E-state index in [1.165, 1.54) is 98.8 Å². The normalized spacial score (nSPS) is 14.3.